The van der Waals surface area contributed by atoms with Gasteiger partial charge in [-0.3, -0.25) is 9.59 Å². The van der Waals surface area contributed by atoms with Crippen molar-refractivity contribution >= 4 is 17.5 Å². The zero-order valence-corrected chi connectivity index (χ0v) is 12.8. The van der Waals surface area contributed by atoms with Gasteiger partial charge in [0.2, 0.25) is 0 Å². The first-order valence-corrected chi connectivity index (χ1v) is 7.26. The van der Waals surface area contributed by atoms with Gasteiger partial charge in [-0.2, -0.15) is 0 Å². The number of hydrogen-bond acceptors (Lipinski definition) is 2. The van der Waals surface area contributed by atoms with Gasteiger partial charge in [-0.1, -0.05) is 36.4 Å². The van der Waals surface area contributed by atoms with E-state index in [1.807, 2.05) is 56.3 Å². The second kappa shape index (κ2) is 7.41. The molecule has 0 fully saturated rings. The van der Waals surface area contributed by atoms with Crippen LogP contribution in [0.15, 0.2) is 48.5 Å². The Morgan fingerprint density at radius 2 is 1.64 bits per heavy atom. The maximum absolute atomic E-state index is 11.8. The molecule has 0 radical (unpaired) electrons. The van der Waals surface area contributed by atoms with Crippen molar-refractivity contribution in [1.29, 1.82) is 0 Å². The molecule has 0 saturated carbocycles. The van der Waals surface area contributed by atoms with Gasteiger partial charge in [0.25, 0.3) is 0 Å². The SMILES string of the molecule is Cc1ccc(NC(=O)C(=O)NCCc2ccccc2)cc1C. The van der Waals surface area contributed by atoms with Crippen molar-refractivity contribution in [2.24, 2.45) is 0 Å². The van der Waals surface area contributed by atoms with Crippen molar-refractivity contribution in [3.05, 3.63) is 65.2 Å². The predicted molar refractivity (Wildman–Crippen MR) is 87.7 cm³/mol. The number of nitrogens with one attached hydrogen (secondary N) is 2. The molecular formula is C18H20N2O2. The van der Waals surface area contributed by atoms with E-state index in [9.17, 15) is 9.59 Å². The highest BCUT2D eigenvalue weighted by Gasteiger charge is 2.13. The van der Waals surface area contributed by atoms with Gasteiger partial charge >= 0.3 is 11.8 Å². The van der Waals surface area contributed by atoms with Crippen LogP contribution in [0.5, 0.6) is 0 Å². The molecule has 4 heteroatoms. The topological polar surface area (TPSA) is 58.2 Å². The van der Waals surface area contributed by atoms with Gasteiger partial charge in [0.1, 0.15) is 0 Å². The molecule has 2 rings (SSSR count). The predicted octanol–water partition coefficient (Wildman–Crippen LogP) is 2.60. The largest absolute Gasteiger partial charge is 0.347 e. The minimum Gasteiger partial charge on any atom is -0.347 e. The highest BCUT2D eigenvalue weighted by Crippen LogP contribution is 2.13. The minimum atomic E-state index is -0.642. The molecule has 2 N–H and O–H groups in total. The molecule has 0 spiro atoms. The molecule has 0 aliphatic carbocycles. The second-order valence-corrected chi connectivity index (χ2v) is 5.24. The van der Waals surface area contributed by atoms with E-state index in [4.69, 9.17) is 0 Å². The summed E-state index contributed by atoms with van der Waals surface area (Å²) >= 11 is 0. The van der Waals surface area contributed by atoms with Gasteiger partial charge in [-0.25, -0.2) is 0 Å². The zero-order valence-electron chi connectivity index (χ0n) is 12.8. The lowest BCUT2D eigenvalue weighted by Gasteiger charge is -2.08. The average molecular weight is 296 g/mol. The third-order valence-corrected chi connectivity index (χ3v) is 3.51. The number of carbonyl (C=O) groups is 2. The smallest absolute Gasteiger partial charge is 0.313 e. The van der Waals surface area contributed by atoms with Gasteiger partial charge in [-0.05, 0) is 49.1 Å². The molecule has 0 aliphatic heterocycles. The van der Waals surface area contributed by atoms with Crippen LogP contribution in [0.2, 0.25) is 0 Å². The monoisotopic (exact) mass is 296 g/mol. The van der Waals surface area contributed by atoms with Gasteiger partial charge < -0.3 is 10.6 Å². The Morgan fingerprint density at radius 3 is 2.32 bits per heavy atom. The Morgan fingerprint density at radius 1 is 0.909 bits per heavy atom. The van der Waals surface area contributed by atoms with Gasteiger partial charge in [0.15, 0.2) is 0 Å². The summed E-state index contributed by atoms with van der Waals surface area (Å²) in [6, 6.07) is 15.4. The normalized spacial score (nSPS) is 10.1. The Hall–Kier alpha value is -2.62. The molecule has 0 atom stereocenters. The molecule has 2 aromatic rings. The van der Waals surface area contributed by atoms with E-state index in [0.29, 0.717) is 18.7 Å². The second-order valence-electron chi connectivity index (χ2n) is 5.24. The Balaban J connectivity index is 1.82. The van der Waals surface area contributed by atoms with E-state index in [1.54, 1.807) is 6.07 Å². The standard InChI is InChI=1S/C18H20N2O2/c1-13-8-9-16(12-14(13)2)20-18(22)17(21)19-11-10-15-6-4-3-5-7-15/h3-9,12H,10-11H2,1-2H3,(H,19,21)(H,20,22). The lowest BCUT2D eigenvalue weighted by molar-refractivity contribution is -0.136. The lowest BCUT2D eigenvalue weighted by Crippen LogP contribution is -2.36. The fraction of sp³-hybridized carbons (Fsp3) is 0.222. The number of carbonyl (C=O) groups excluding carboxylic acids is 2. The van der Waals surface area contributed by atoms with Crippen LogP contribution in [0.3, 0.4) is 0 Å². The van der Waals surface area contributed by atoms with Crippen LogP contribution in [0.25, 0.3) is 0 Å². The van der Waals surface area contributed by atoms with Crippen LogP contribution in [0.4, 0.5) is 5.69 Å². The molecule has 0 unspecified atom stereocenters. The number of rotatable bonds is 4. The molecule has 0 aliphatic rings. The first kappa shape index (κ1) is 15.8. The summed E-state index contributed by atoms with van der Waals surface area (Å²) in [7, 11) is 0. The first-order valence-electron chi connectivity index (χ1n) is 7.26. The van der Waals surface area contributed by atoms with Gasteiger partial charge in [-0.15, -0.1) is 0 Å². The molecule has 22 heavy (non-hydrogen) atoms. The number of hydrogen-bond donors (Lipinski definition) is 2. The van der Waals surface area contributed by atoms with E-state index < -0.39 is 11.8 Å². The average Bonchev–Trinajstić information content (AvgIpc) is 2.52. The fourth-order valence-electron chi connectivity index (χ4n) is 2.05. The van der Waals surface area contributed by atoms with Crippen LogP contribution in [-0.4, -0.2) is 18.4 Å². The van der Waals surface area contributed by atoms with Crippen molar-refractivity contribution in [3.8, 4) is 0 Å². The van der Waals surface area contributed by atoms with Crippen LogP contribution in [-0.2, 0) is 16.0 Å². The molecule has 0 heterocycles. The summed E-state index contributed by atoms with van der Waals surface area (Å²) in [5.41, 5.74) is 3.97. The maximum atomic E-state index is 11.8. The number of amides is 2. The van der Waals surface area contributed by atoms with Crippen LogP contribution < -0.4 is 10.6 Å². The summed E-state index contributed by atoms with van der Waals surface area (Å²) in [5.74, 6) is -1.26. The Kier molecular flexibility index (Phi) is 5.31. The summed E-state index contributed by atoms with van der Waals surface area (Å²) in [4.78, 5) is 23.6. The quantitative estimate of drug-likeness (QED) is 0.852. The molecular weight excluding hydrogens is 276 g/mol. The van der Waals surface area contributed by atoms with E-state index >= 15 is 0 Å². The summed E-state index contributed by atoms with van der Waals surface area (Å²) in [6.07, 6.45) is 0.698. The van der Waals surface area contributed by atoms with E-state index in [2.05, 4.69) is 10.6 Å². The lowest BCUT2D eigenvalue weighted by atomic mass is 10.1. The van der Waals surface area contributed by atoms with Crippen LogP contribution >= 0.6 is 0 Å². The Bertz CT molecular complexity index is 666. The molecule has 4 nitrogen and oxygen atoms in total. The number of benzene rings is 2. The molecule has 2 aromatic carbocycles. The maximum Gasteiger partial charge on any atom is 0.313 e. The molecule has 0 bridgehead atoms. The molecule has 0 aromatic heterocycles. The highest BCUT2D eigenvalue weighted by atomic mass is 16.2. The van der Waals surface area contributed by atoms with Crippen molar-refractivity contribution in [2.45, 2.75) is 20.3 Å². The van der Waals surface area contributed by atoms with E-state index in [1.165, 1.54) is 0 Å². The fourth-order valence-corrected chi connectivity index (χ4v) is 2.05. The zero-order chi connectivity index (χ0) is 15.9. The van der Waals surface area contributed by atoms with E-state index in [-0.39, 0.29) is 0 Å². The first-order chi connectivity index (χ1) is 10.6. The number of aryl methyl sites for hydroxylation is 2. The third-order valence-electron chi connectivity index (χ3n) is 3.51. The summed E-state index contributed by atoms with van der Waals surface area (Å²) in [5, 5.41) is 5.23. The van der Waals surface area contributed by atoms with Crippen molar-refractivity contribution in [2.75, 3.05) is 11.9 Å². The van der Waals surface area contributed by atoms with Gasteiger partial charge in [0.05, 0.1) is 0 Å². The third kappa shape index (κ3) is 4.45. The highest BCUT2D eigenvalue weighted by molar-refractivity contribution is 6.39. The van der Waals surface area contributed by atoms with Crippen LogP contribution in [0.1, 0.15) is 16.7 Å². The van der Waals surface area contributed by atoms with E-state index in [0.717, 1.165) is 16.7 Å². The summed E-state index contributed by atoms with van der Waals surface area (Å²) < 4.78 is 0. The molecule has 2 amide bonds. The van der Waals surface area contributed by atoms with Gasteiger partial charge in [0, 0.05) is 12.2 Å². The number of anilines is 1. The molecule has 0 saturated heterocycles. The molecule has 114 valence electrons. The minimum absolute atomic E-state index is 0.434. The summed E-state index contributed by atoms with van der Waals surface area (Å²) in [6.45, 7) is 4.39. The van der Waals surface area contributed by atoms with Crippen molar-refractivity contribution < 1.29 is 9.59 Å². The van der Waals surface area contributed by atoms with Crippen molar-refractivity contribution in [3.63, 3.8) is 0 Å². The van der Waals surface area contributed by atoms with Crippen molar-refractivity contribution in [1.82, 2.24) is 5.32 Å². The van der Waals surface area contributed by atoms with Crippen LogP contribution in [0, 0.1) is 13.8 Å². The Labute approximate surface area is 130 Å².